The first-order valence-corrected chi connectivity index (χ1v) is 5.47. The summed E-state index contributed by atoms with van der Waals surface area (Å²) in [7, 11) is 0. The van der Waals surface area contributed by atoms with Gasteiger partial charge < -0.3 is 4.74 Å². The normalized spacial score (nSPS) is 21.1. The summed E-state index contributed by atoms with van der Waals surface area (Å²) in [6.07, 6.45) is 3.00. The number of esters is 1. The highest BCUT2D eigenvalue weighted by molar-refractivity contribution is 5.69. The fraction of sp³-hybridized carbons (Fsp3) is 0.909. The maximum atomic E-state index is 11.2. The summed E-state index contributed by atoms with van der Waals surface area (Å²) in [6, 6.07) is 0. The summed E-state index contributed by atoms with van der Waals surface area (Å²) in [5.74, 6) is -0.0739. The highest BCUT2D eigenvalue weighted by atomic mass is 16.5. The number of hydrogen-bond acceptors (Lipinski definition) is 3. The third-order valence-corrected chi connectivity index (χ3v) is 2.96. The molecule has 0 aromatic heterocycles. The Morgan fingerprint density at radius 2 is 2.21 bits per heavy atom. The summed E-state index contributed by atoms with van der Waals surface area (Å²) in [5.41, 5.74) is 0.270. The number of hydrogen-bond donors (Lipinski definition) is 0. The molecule has 14 heavy (non-hydrogen) atoms. The van der Waals surface area contributed by atoms with E-state index in [-0.39, 0.29) is 11.5 Å². The molecule has 0 aromatic carbocycles. The lowest BCUT2D eigenvalue weighted by molar-refractivity contribution is -0.143. The standard InChI is InChI=1S/C11H21NO2/c1-4-14-10(13)6-9-12-8-5-7-11(12,2)3/h4-9H2,1-3H3. The quantitative estimate of drug-likeness (QED) is 0.647. The molecule has 0 spiro atoms. The van der Waals surface area contributed by atoms with Gasteiger partial charge in [-0.15, -0.1) is 0 Å². The van der Waals surface area contributed by atoms with Crippen molar-refractivity contribution in [3.63, 3.8) is 0 Å². The molecule has 0 aromatic rings. The zero-order chi connectivity index (χ0) is 10.6. The third kappa shape index (κ3) is 2.98. The Morgan fingerprint density at radius 3 is 2.71 bits per heavy atom. The van der Waals surface area contributed by atoms with Gasteiger partial charge in [0.1, 0.15) is 0 Å². The minimum atomic E-state index is -0.0739. The van der Waals surface area contributed by atoms with Crippen LogP contribution in [-0.4, -0.2) is 36.1 Å². The average Bonchev–Trinajstić information content (AvgIpc) is 2.42. The van der Waals surface area contributed by atoms with Crippen molar-refractivity contribution in [2.45, 2.75) is 45.6 Å². The molecule has 0 aliphatic carbocycles. The van der Waals surface area contributed by atoms with Gasteiger partial charge in [0.05, 0.1) is 13.0 Å². The van der Waals surface area contributed by atoms with E-state index in [9.17, 15) is 4.79 Å². The summed E-state index contributed by atoms with van der Waals surface area (Å²) in [6.45, 7) is 8.77. The molecule has 0 N–H and O–H groups in total. The first-order valence-electron chi connectivity index (χ1n) is 5.47. The van der Waals surface area contributed by atoms with Crippen LogP contribution in [0.4, 0.5) is 0 Å². The topological polar surface area (TPSA) is 29.5 Å². The molecule has 3 nitrogen and oxygen atoms in total. The van der Waals surface area contributed by atoms with Crippen LogP contribution in [0.15, 0.2) is 0 Å². The second kappa shape index (κ2) is 4.78. The highest BCUT2D eigenvalue weighted by Crippen LogP contribution is 2.27. The van der Waals surface area contributed by atoms with Crippen molar-refractivity contribution in [3.8, 4) is 0 Å². The van der Waals surface area contributed by atoms with Crippen LogP contribution in [0.25, 0.3) is 0 Å². The monoisotopic (exact) mass is 199 g/mol. The number of rotatable bonds is 4. The summed E-state index contributed by atoms with van der Waals surface area (Å²) in [5, 5.41) is 0. The van der Waals surface area contributed by atoms with Crippen LogP contribution >= 0.6 is 0 Å². The van der Waals surface area contributed by atoms with Crippen LogP contribution in [0.2, 0.25) is 0 Å². The van der Waals surface area contributed by atoms with Gasteiger partial charge in [0, 0.05) is 12.1 Å². The second-order valence-corrected chi connectivity index (χ2v) is 4.46. The summed E-state index contributed by atoms with van der Waals surface area (Å²) < 4.78 is 4.90. The molecule has 0 radical (unpaired) electrons. The largest absolute Gasteiger partial charge is 0.466 e. The predicted molar refractivity (Wildman–Crippen MR) is 56.1 cm³/mol. The number of nitrogens with zero attached hydrogens (tertiary/aromatic N) is 1. The van der Waals surface area contributed by atoms with Gasteiger partial charge >= 0.3 is 5.97 Å². The van der Waals surface area contributed by atoms with Gasteiger partial charge in [-0.05, 0) is 40.2 Å². The van der Waals surface area contributed by atoms with E-state index in [0.29, 0.717) is 13.0 Å². The van der Waals surface area contributed by atoms with Crippen LogP contribution < -0.4 is 0 Å². The lowest BCUT2D eigenvalue weighted by Crippen LogP contribution is -2.39. The zero-order valence-corrected chi connectivity index (χ0v) is 9.51. The van der Waals surface area contributed by atoms with Gasteiger partial charge in [-0.3, -0.25) is 9.69 Å². The van der Waals surface area contributed by atoms with Gasteiger partial charge in [-0.2, -0.15) is 0 Å². The third-order valence-electron chi connectivity index (χ3n) is 2.96. The van der Waals surface area contributed by atoms with E-state index in [1.54, 1.807) is 0 Å². The number of carbonyl (C=O) groups is 1. The first-order chi connectivity index (χ1) is 6.56. The van der Waals surface area contributed by atoms with Crippen molar-refractivity contribution >= 4 is 5.97 Å². The van der Waals surface area contributed by atoms with Gasteiger partial charge in [-0.25, -0.2) is 0 Å². The van der Waals surface area contributed by atoms with Crippen molar-refractivity contribution < 1.29 is 9.53 Å². The van der Waals surface area contributed by atoms with Gasteiger partial charge in [0.15, 0.2) is 0 Å². The number of carbonyl (C=O) groups excluding carboxylic acids is 1. The number of likely N-dealkylation sites (tertiary alicyclic amines) is 1. The molecule has 0 bridgehead atoms. The molecule has 1 aliphatic heterocycles. The highest BCUT2D eigenvalue weighted by Gasteiger charge is 2.31. The molecule has 1 rings (SSSR count). The molecule has 1 saturated heterocycles. The molecule has 82 valence electrons. The minimum Gasteiger partial charge on any atom is -0.466 e. The Kier molecular flexibility index (Phi) is 3.93. The lowest BCUT2D eigenvalue weighted by Gasteiger charge is -2.31. The van der Waals surface area contributed by atoms with Crippen LogP contribution in [0.1, 0.15) is 40.0 Å². The second-order valence-electron chi connectivity index (χ2n) is 4.46. The maximum absolute atomic E-state index is 11.2. The van der Waals surface area contributed by atoms with Crippen molar-refractivity contribution in [1.82, 2.24) is 4.90 Å². The Balaban J connectivity index is 2.27. The van der Waals surface area contributed by atoms with Crippen molar-refractivity contribution in [1.29, 1.82) is 0 Å². The van der Waals surface area contributed by atoms with Crippen LogP contribution in [0.5, 0.6) is 0 Å². The molecule has 0 atom stereocenters. The summed E-state index contributed by atoms with van der Waals surface area (Å²) >= 11 is 0. The van der Waals surface area contributed by atoms with Crippen LogP contribution in [-0.2, 0) is 9.53 Å². The van der Waals surface area contributed by atoms with E-state index in [2.05, 4.69) is 18.7 Å². The van der Waals surface area contributed by atoms with E-state index in [0.717, 1.165) is 13.1 Å². The van der Waals surface area contributed by atoms with Crippen molar-refractivity contribution in [2.24, 2.45) is 0 Å². The fourth-order valence-corrected chi connectivity index (χ4v) is 2.04. The maximum Gasteiger partial charge on any atom is 0.307 e. The van der Waals surface area contributed by atoms with E-state index >= 15 is 0 Å². The van der Waals surface area contributed by atoms with Crippen molar-refractivity contribution in [3.05, 3.63) is 0 Å². The smallest absolute Gasteiger partial charge is 0.307 e. The molecular formula is C11H21NO2. The Morgan fingerprint density at radius 1 is 1.50 bits per heavy atom. The van der Waals surface area contributed by atoms with E-state index in [1.165, 1.54) is 12.8 Å². The van der Waals surface area contributed by atoms with E-state index in [4.69, 9.17) is 4.74 Å². The molecular weight excluding hydrogens is 178 g/mol. The molecule has 1 fully saturated rings. The molecule has 1 aliphatic rings. The Hall–Kier alpha value is -0.570. The number of ether oxygens (including phenoxy) is 1. The van der Waals surface area contributed by atoms with E-state index < -0.39 is 0 Å². The van der Waals surface area contributed by atoms with Gasteiger partial charge in [0.25, 0.3) is 0 Å². The van der Waals surface area contributed by atoms with Gasteiger partial charge in [-0.1, -0.05) is 0 Å². The molecule has 0 amide bonds. The van der Waals surface area contributed by atoms with Crippen molar-refractivity contribution in [2.75, 3.05) is 19.7 Å². The Labute approximate surface area is 86.4 Å². The molecule has 1 heterocycles. The molecule has 0 saturated carbocycles. The Bertz CT molecular complexity index is 201. The minimum absolute atomic E-state index is 0.0739. The van der Waals surface area contributed by atoms with E-state index in [1.807, 2.05) is 6.92 Å². The SMILES string of the molecule is CCOC(=O)CCN1CCCC1(C)C. The zero-order valence-electron chi connectivity index (χ0n) is 9.51. The average molecular weight is 199 g/mol. The van der Waals surface area contributed by atoms with Gasteiger partial charge in [0.2, 0.25) is 0 Å². The van der Waals surface area contributed by atoms with Crippen LogP contribution in [0, 0.1) is 0 Å². The molecule has 0 unspecified atom stereocenters. The predicted octanol–water partition coefficient (Wildman–Crippen LogP) is 1.81. The first kappa shape index (κ1) is 11.5. The molecule has 3 heteroatoms. The fourth-order valence-electron chi connectivity index (χ4n) is 2.04. The summed E-state index contributed by atoms with van der Waals surface area (Å²) in [4.78, 5) is 13.5. The lowest BCUT2D eigenvalue weighted by atomic mass is 10.0. The van der Waals surface area contributed by atoms with Crippen LogP contribution in [0.3, 0.4) is 0 Å².